The maximum atomic E-state index is 12.4. The van der Waals surface area contributed by atoms with Gasteiger partial charge in [-0.05, 0) is 31.0 Å². The molecule has 1 amide bonds. The number of H-pyrrole nitrogens is 1. The molecule has 2 atom stereocenters. The van der Waals surface area contributed by atoms with Gasteiger partial charge in [-0.3, -0.25) is 4.79 Å². The third-order valence-corrected chi connectivity index (χ3v) is 5.16. The Kier molecular flexibility index (Phi) is 4.94. The van der Waals surface area contributed by atoms with Gasteiger partial charge >= 0.3 is 0 Å². The molecule has 0 bridgehead atoms. The van der Waals surface area contributed by atoms with Gasteiger partial charge in [0.15, 0.2) is 0 Å². The highest BCUT2D eigenvalue weighted by molar-refractivity contribution is 6.31. The van der Waals surface area contributed by atoms with E-state index in [4.69, 9.17) is 11.6 Å². The van der Waals surface area contributed by atoms with Crippen LogP contribution in [-0.2, 0) is 4.79 Å². The molecule has 138 valence electrons. The second-order valence-corrected chi connectivity index (χ2v) is 7.00. The van der Waals surface area contributed by atoms with E-state index in [1.165, 1.54) is 0 Å². The first kappa shape index (κ1) is 17.7. The summed E-state index contributed by atoms with van der Waals surface area (Å²) in [4.78, 5) is 15.7. The van der Waals surface area contributed by atoms with Crippen molar-refractivity contribution in [1.82, 2.24) is 21.3 Å². The normalized spacial score (nSPS) is 19.8. The number of hydrogen-bond acceptors (Lipinski definition) is 4. The Balaban J connectivity index is 1.40. The van der Waals surface area contributed by atoms with Crippen LogP contribution in [0.3, 0.4) is 0 Å². The van der Waals surface area contributed by atoms with Gasteiger partial charge in [0.25, 0.3) is 5.91 Å². The number of hydrazine groups is 1. The molecule has 27 heavy (non-hydrogen) atoms. The van der Waals surface area contributed by atoms with Crippen LogP contribution in [0.5, 0.6) is 0 Å². The number of para-hydroxylation sites is 1. The molecule has 2 heterocycles. The van der Waals surface area contributed by atoms with Gasteiger partial charge in [-0.2, -0.15) is 5.10 Å². The maximum Gasteiger partial charge on any atom is 0.258 e. The average molecular weight is 382 g/mol. The Hall–Kier alpha value is -2.67. The van der Waals surface area contributed by atoms with Gasteiger partial charge in [-0.15, -0.1) is 0 Å². The number of aromatic nitrogens is 1. The van der Waals surface area contributed by atoms with Crippen LogP contribution in [0, 0.1) is 6.92 Å². The molecule has 2 aromatic carbocycles. The summed E-state index contributed by atoms with van der Waals surface area (Å²) in [6.07, 6.45) is 2.27. The Morgan fingerprint density at radius 1 is 1.19 bits per heavy atom. The molecule has 7 heteroatoms. The zero-order valence-corrected chi connectivity index (χ0v) is 15.5. The lowest BCUT2D eigenvalue weighted by Crippen LogP contribution is -2.41. The monoisotopic (exact) mass is 381 g/mol. The van der Waals surface area contributed by atoms with Gasteiger partial charge in [-0.1, -0.05) is 48.0 Å². The van der Waals surface area contributed by atoms with E-state index in [0.29, 0.717) is 11.4 Å². The Bertz CT molecular complexity index is 1010. The number of aryl methyl sites for hydroxylation is 1. The van der Waals surface area contributed by atoms with E-state index in [2.05, 4.69) is 26.4 Å². The van der Waals surface area contributed by atoms with Gasteiger partial charge in [0.1, 0.15) is 6.04 Å². The average Bonchev–Trinajstić information content (AvgIpc) is 3.27. The lowest BCUT2D eigenvalue weighted by molar-refractivity contribution is -0.122. The number of rotatable bonds is 4. The fraction of sp³-hybridized carbons (Fsp3) is 0.200. The van der Waals surface area contributed by atoms with E-state index in [1.54, 1.807) is 6.21 Å². The van der Waals surface area contributed by atoms with Crippen LogP contribution < -0.4 is 16.3 Å². The van der Waals surface area contributed by atoms with E-state index in [1.807, 2.05) is 55.5 Å². The van der Waals surface area contributed by atoms with Crippen molar-refractivity contribution in [3.8, 4) is 0 Å². The van der Waals surface area contributed by atoms with E-state index in [9.17, 15) is 4.79 Å². The minimum atomic E-state index is -0.382. The molecule has 0 saturated carbocycles. The van der Waals surface area contributed by atoms with Gasteiger partial charge in [0, 0.05) is 33.2 Å². The first-order chi connectivity index (χ1) is 13.1. The van der Waals surface area contributed by atoms with Crippen LogP contribution >= 0.6 is 11.6 Å². The third-order valence-electron chi connectivity index (χ3n) is 4.81. The summed E-state index contributed by atoms with van der Waals surface area (Å²) < 4.78 is 0. The zero-order valence-electron chi connectivity index (χ0n) is 14.8. The summed E-state index contributed by atoms with van der Waals surface area (Å²) in [7, 11) is 0. The van der Waals surface area contributed by atoms with Gasteiger partial charge in [0.05, 0.1) is 6.21 Å². The van der Waals surface area contributed by atoms with Crippen molar-refractivity contribution in [3.05, 3.63) is 70.4 Å². The zero-order chi connectivity index (χ0) is 18.8. The van der Waals surface area contributed by atoms with Gasteiger partial charge in [0.2, 0.25) is 0 Å². The smallest absolute Gasteiger partial charge is 0.258 e. The van der Waals surface area contributed by atoms with Crippen LogP contribution in [0.2, 0.25) is 5.02 Å². The number of aromatic amines is 1. The summed E-state index contributed by atoms with van der Waals surface area (Å²) in [6.45, 7) is 1.99. The molecule has 2 unspecified atom stereocenters. The molecular formula is C20H20ClN5O. The molecule has 1 aliphatic heterocycles. The number of nitrogens with zero attached hydrogens (tertiary/aromatic N) is 1. The summed E-state index contributed by atoms with van der Waals surface area (Å²) in [5, 5.41) is 5.91. The number of hydrogen-bond donors (Lipinski definition) is 4. The second-order valence-electron chi connectivity index (χ2n) is 6.59. The van der Waals surface area contributed by atoms with Crippen LogP contribution in [0.4, 0.5) is 0 Å². The van der Waals surface area contributed by atoms with Crippen LogP contribution in [0.25, 0.3) is 10.9 Å². The fourth-order valence-electron chi connectivity index (χ4n) is 3.39. The Labute approximate surface area is 162 Å². The van der Waals surface area contributed by atoms with Crippen molar-refractivity contribution < 1.29 is 4.79 Å². The van der Waals surface area contributed by atoms with Crippen LogP contribution in [0.1, 0.15) is 29.3 Å². The highest BCUT2D eigenvalue weighted by Crippen LogP contribution is 2.28. The van der Waals surface area contributed by atoms with Crippen molar-refractivity contribution in [2.24, 2.45) is 5.10 Å². The van der Waals surface area contributed by atoms with E-state index in [-0.39, 0.29) is 18.0 Å². The molecular weight excluding hydrogens is 362 g/mol. The van der Waals surface area contributed by atoms with E-state index < -0.39 is 0 Å². The molecule has 6 nitrogen and oxygen atoms in total. The number of amides is 1. The minimum absolute atomic E-state index is 0.0192. The summed E-state index contributed by atoms with van der Waals surface area (Å²) in [5.74, 6) is -0.189. The lowest BCUT2D eigenvalue weighted by Gasteiger charge is -2.11. The molecule has 3 aromatic rings. The number of benzene rings is 2. The predicted octanol–water partition coefficient (Wildman–Crippen LogP) is 3.19. The van der Waals surface area contributed by atoms with Crippen molar-refractivity contribution in [1.29, 1.82) is 0 Å². The summed E-state index contributed by atoms with van der Waals surface area (Å²) >= 11 is 6.24. The molecule has 1 saturated heterocycles. The summed E-state index contributed by atoms with van der Waals surface area (Å²) in [6, 6.07) is 15.2. The fourth-order valence-corrected chi connectivity index (χ4v) is 3.66. The first-order valence-electron chi connectivity index (χ1n) is 8.79. The maximum absolute atomic E-state index is 12.4. The van der Waals surface area contributed by atoms with Crippen molar-refractivity contribution in [2.45, 2.75) is 25.4 Å². The number of fused-ring (bicyclic) bond motifs is 1. The van der Waals surface area contributed by atoms with Crippen molar-refractivity contribution in [2.75, 3.05) is 0 Å². The molecule has 4 rings (SSSR count). The molecule has 0 spiro atoms. The Morgan fingerprint density at radius 2 is 1.96 bits per heavy atom. The lowest BCUT2D eigenvalue weighted by atomic mass is 10.0. The molecule has 1 aliphatic rings. The molecule has 1 fully saturated rings. The molecule has 0 aliphatic carbocycles. The topological polar surface area (TPSA) is 81.3 Å². The number of carbonyl (C=O) groups is 1. The molecule has 0 radical (unpaired) electrons. The Morgan fingerprint density at radius 3 is 2.81 bits per heavy atom. The van der Waals surface area contributed by atoms with Gasteiger partial charge < -0.3 is 4.98 Å². The van der Waals surface area contributed by atoms with Gasteiger partial charge in [-0.25, -0.2) is 16.3 Å². The molecule has 4 N–H and O–H groups in total. The number of carbonyl (C=O) groups excluding carboxylic acids is 1. The highest BCUT2D eigenvalue weighted by atomic mass is 35.5. The van der Waals surface area contributed by atoms with E-state index >= 15 is 0 Å². The van der Waals surface area contributed by atoms with E-state index in [0.717, 1.165) is 27.7 Å². The van der Waals surface area contributed by atoms with Crippen LogP contribution in [0.15, 0.2) is 53.6 Å². The van der Waals surface area contributed by atoms with Crippen LogP contribution in [-0.4, -0.2) is 23.1 Å². The number of nitrogens with one attached hydrogen (secondary N) is 4. The number of hydrazone groups is 1. The SMILES string of the molecule is Cc1[nH]c2ccccc2c1/C=N/NC(=O)C1CC(c2ccccc2Cl)NN1. The highest BCUT2D eigenvalue weighted by Gasteiger charge is 2.30. The minimum Gasteiger partial charge on any atom is -0.358 e. The van der Waals surface area contributed by atoms with Crippen molar-refractivity contribution in [3.63, 3.8) is 0 Å². The largest absolute Gasteiger partial charge is 0.358 e. The molecule has 1 aromatic heterocycles. The predicted molar refractivity (Wildman–Crippen MR) is 108 cm³/mol. The summed E-state index contributed by atoms with van der Waals surface area (Å²) in [5.41, 5.74) is 12.8. The first-order valence-corrected chi connectivity index (χ1v) is 9.17. The standard InChI is InChI=1S/C20H20ClN5O/c1-12-15(13-6-3-5-9-17(13)23-12)11-22-26-20(27)19-10-18(24-25-19)14-7-2-4-8-16(14)21/h2-9,11,18-19,23-25H,10H2,1H3,(H,26,27)/b22-11+. The van der Waals surface area contributed by atoms with Crippen molar-refractivity contribution >= 4 is 34.6 Å². The second kappa shape index (κ2) is 7.52. The third kappa shape index (κ3) is 3.60. The quantitative estimate of drug-likeness (QED) is 0.414. The number of halogens is 1.